The molecule has 5 aromatic carbocycles. The van der Waals surface area contributed by atoms with E-state index in [1.807, 2.05) is 42.5 Å². The van der Waals surface area contributed by atoms with Gasteiger partial charge in [-0.3, -0.25) is 0 Å². The zero-order valence-corrected chi connectivity index (χ0v) is 15.3. The molecule has 0 spiro atoms. The first-order chi connectivity index (χ1) is 13.7. The Labute approximate surface area is 163 Å². The van der Waals surface area contributed by atoms with E-state index in [1.165, 1.54) is 10.8 Å². The normalized spacial score (nSPS) is 14.2. The molecule has 0 unspecified atom stereocenters. The predicted molar refractivity (Wildman–Crippen MR) is 115 cm³/mol. The molecule has 0 aromatic heterocycles. The first-order valence-electron chi connectivity index (χ1n) is 9.60. The Morgan fingerprint density at radius 2 is 0.857 bits per heavy atom. The molecule has 1 N–H and O–H groups in total. The van der Waals surface area contributed by atoms with Gasteiger partial charge in [0.15, 0.2) is 0 Å². The molecule has 1 aliphatic carbocycles. The highest BCUT2D eigenvalue weighted by molar-refractivity contribution is 5.98. The van der Waals surface area contributed by atoms with Crippen LogP contribution in [0.2, 0.25) is 0 Å². The van der Waals surface area contributed by atoms with Crippen molar-refractivity contribution >= 4 is 21.5 Å². The van der Waals surface area contributed by atoms with E-state index in [-0.39, 0.29) is 0 Å². The monoisotopic (exact) mass is 358 g/mol. The van der Waals surface area contributed by atoms with Crippen molar-refractivity contribution in [2.75, 3.05) is 0 Å². The van der Waals surface area contributed by atoms with Gasteiger partial charge in [0.2, 0.25) is 0 Å². The first-order valence-corrected chi connectivity index (χ1v) is 9.60. The maximum Gasteiger partial charge on any atom is 0.141 e. The molecular formula is C27H18O. The van der Waals surface area contributed by atoms with Crippen LogP contribution in [0, 0.1) is 0 Å². The summed E-state index contributed by atoms with van der Waals surface area (Å²) in [5, 5.41) is 16.9. The van der Waals surface area contributed by atoms with Crippen molar-refractivity contribution in [2.24, 2.45) is 0 Å². The second-order valence-corrected chi connectivity index (χ2v) is 7.57. The highest BCUT2D eigenvalue weighted by Gasteiger charge is 2.43. The van der Waals surface area contributed by atoms with Crippen molar-refractivity contribution in [3.8, 4) is 11.1 Å². The van der Waals surface area contributed by atoms with Gasteiger partial charge in [0.1, 0.15) is 5.60 Å². The molecule has 0 aliphatic heterocycles. The van der Waals surface area contributed by atoms with Crippen LogP contribution in [0.15, 0.2) is 103 Å². The molecule has 1 nitrogen and oxygen atoms in total. The lowest BCUT2D eigenvalue weighted by Gasteiger charge is -2.27. The maximum absolute atomic E-state index is 12.2. The minimum atomic E-state index is -1.15. The number of hydrogen-bond acceptors (Lipinski definition) is 1. The summed E-state index contributed by atoms with van der Waals surface area (Å²) in [5.74, 6) is 0. The van der Waals surface area contributed by atoms with Gasteiger partial charge in [0.25, 0.3) is 0 Å². The summed E-state index contributed by atoms with van der Waals surface area (Å²) in [6.07, 6.45) is 0. The molecule has 0 saturated carbocycles. The lowest BCUT2D eigenvalue weighted by Crippen LogP contribution is -2.26. The Kier molecular flexibility index (Phi) is 3.09. The van der Waals surface area contributed by atoms with Crippen LogP contribution in [-0.2, 0) is 5.60 Å². The predicted octanol–water partition coefficient (Wildman–Crippen LogP) is 6.26. The van der Waals surface area contributed by atoms with Crippen LogP contribution in [0.3, 0.4) is 0 Å². The molecular weight excluding hydrogens is 340 g/mol. The van der Waals surface area contributed by atoms with E-state index < -0.39 is 5.60 Å². The summed E-state index contributed by atoms with van der Waals surface area (Å²) >= 11 is 0. The van der Waals surface area contributed by atoms with Crippen molar-refractivity contribution in [3.63, 3.8) is 0 Å². The zero-order chi connectivity index (χ0) is 18.7. The van der Waals surface area contributed by atoms with Crippen LogP contribution in [0.4, 0.5) is 0 Å². The Balaban J connectivity index is 1.78. The van der Waals surface area contributed by atoms with Gasteiger partial charge in [-0.15, -0.1) is 0 Å². The molecule has 5 aromatic rings. The minimum Gasteiger partial charge on any atom is -0.376 e. The maximum atomic E-state index is 12.2. The van der Waals surface area contributed by atoms with Crippen molar-refractivity contribution in [2.45, 2.75) is 5.60 Å². The van der Waals surface area contributed by atoms with E-state index in [4.69, 9.17) is 0 Å². The fourth-order valence-electron chi connectivity index (χ4n) is 4.66. The van der Waals surface area contributed by atoms with E-state index in [1.54, 1.807) is 0 Å². The third-order valence-electron chi connectivity index (χ3n) is 6.03. The average Bonchev–Trinajstić information content (AvgIpc) is 3.00. The Bertz CT molecular complexity index is 1280. The zero-order valence-electron chi connectivity index (χ0n) is 15.3. The molecule has 1 heteroatoms. The molecule has 0 atom stereocenters. The van der Waals surface area contributed by atoms with Crippen LogP contribution in [-0.4, -0.2) is 5.11 Å². The lowest BCUT2D eigenvalue weighted by atomic mass is 9.83. The quantitative estimate of drug-likeness (QED) is 0.375. The van der Waals surface area contributed by atoms with Gasteiger partial charge in [-0.25, -0.2) is 0 Å². The van der Waals surface area contributed by atoms with Crippen LogP contribution in [0.5, 0.6) is 0 Å². The smallest absolute Gasteiger partial charge is 0.141 e. The Hall–Kier alpha value is -3.42. The minimum absolute atomic E-state index is 0.903. The van der Waals surface area contributed by atoms with Crippen molar-refractivity contribution in [3.05, 3.63) is 120 Å². The fourth-order valence-corrected chi connectivity index (χ4v) is 4.66. The summed E-state index contributed by atoms with van der Waals surface area (Å²) in [7, 11) is 0. The van der Waals surface area contributed by atoms with Gasteiger partial charge < -0.3 is 5.11 Å². The first kappa shape index (κ1) is 15.6. The van der Waals surface area contributed by atoms with Gasteiger partial charge in [0, 0.05) is 11.1 Å². The SMILES string of the molecule is OC1(c2ccccc2)c2cc3ccccc3cc2-c2cc3ccccc3cc21. The van der Waals surface area contributed by atoms with Crippen LogP contribution < -0.4 is 0 Å². The number of hydrogen-bond donors (Lipinski definition) is 1. The molecule has 0 bridgehead atoms. The highest BCUT2D eigenvalue weighted by atomic mass is 16.3. The van der Waals surface area contributed by atoms with E-state index in [0.717, 1.165) is 38.6 Å². The largest absolute Gasteiger partial charge is 0.376 e. The van der Waals surface area contributed by atoms with Crippen molar-refractivity contribution in [1.82, 2.24) is 0 Å². The molecule has 1 aliphatic rings. The van der Waals surface area contributed by atoms with E-state index in [9.17, 15) is 5.11 Å². The van der Waals surface area contributed by atoms with E-state index in [2.05, 4.69) is 60.7 Å². The van der Waals surface area contributed by atoms with Crippen molar-refractivity contribution in [1.29, 1.82) is 0 Å². The topological polar surface area (TPSA) is 20.2 Å². The molecule has 0 radical (unpaired) electrons. The van der Waals surface area contributed by atoms with Gasteiger partial charge >= 0.3 is 0 Å². The summed E-state index contributed by atoms with van der Waals surface area (Å²) in [5.41, 5.74) is 3.91. The van der Waals surface area contributed by atoms with Gasteiger partial charge in [-0.1, -0.05) is 78.9 Å². The number of aliphatic hydroxyl groups is 1. The number of rotatable bonds is 1. The highest BCUT2D eigenvalue weighted by Crippen LogP contribution is 2.52. The molecule has 0 amide bonds. The Morgan fingerprint density at radius 1 is 0.464 bits per heavy atom. The Morgan fingerprint density at radius 3 is 1.32 bits per heavy atom. The second-order valence-electron chi connectivity index (χ2n) is 7.57. The van der Waals surface area contributed by atoms with Crippen molar-refractivity contribution < 1.29 is 5.11 Å². The average molecular weight is 358 g/mol. The molecule has 28 heavy (non-hydrogen) atoms. The molecule has 0 fully saturated rings. The van der Waals surface area contributed by atoms with Gasteiger partial charge in [0.05, 0.1) is 0 Å². The summed E-state index contributed by atoms with van der Waals surface area (Å²) in [6.45, 7) is 0. The van der Waals surface area contributed by atoms with E-state index in [0.29, 0.717) is 0 Å². The summed E-state index contributed by atoms with van der Waals surface area (Å²) in [4.78, 5) is 0. The summed E-state index contributed by atoms with van der Waals surface area (Å²) in [6, 6.07) is 35.5. The summed E-state index contributed by atoms with van der Waals surface area (Å²) < 4.78 is 0. The fraction of sp³-hybridized carbons (Fsp3) is 0.0370. The van der Waals surface area contributed by atoms with Gasteiger partial charge in [-0.05, 0) is 62.5 Å². The van der Waals surface area contributed by atoms with Crippen LogP contribution in [0.1, 0.15) is 16.7 Å². The molecule has 0 saturated heterocycles. The third kappa shape index (κ3) is 2.00. The third-order valence-corrected chi connectivity index (χ3v) is 6.03. The van der Waals surface area contributed by atoms with E-state index >= 15 is 0 Å². The van der Waals surface area contributed by atoms with Gasteiger partial charge in [-0.2, -0.15) is 0 Å². The molecule has 6 rings (SSSR count). The number of benzene rings is 5. The standard InChI is InChI=1S/C27H18O/c28-27(22-12-2-1-3-13-22)25-16-20-10-6-4-8-18(20)14-23(25)24-15-19-9-5-7-11-21(19)17-26(24)27/h1-17,28H. The number of fused-ring (bicyclic) bond motifs is 5. The second kappa shape index (κ2) is 5.54. The van der Waals surface area contributed by atoms with Crippen LogP contribution >= 0.6 is 0 Å². The van der Waals surface area contributed by atoms with Crippen LogP contribution in [0.25, 0.3) is 32.7 Å². The molecule has 0 heterocycles. The molecule has 132 valence electrons. The lowest BCUT2D eigenvalue weighted by molar-refractivity contribution is 0.131.